The van der Waals surface area contributed by atoms with E-state index >= 15 is 0 Å². The van der Waals surface area contributed by atoms with E-state index in [1.807, 2.05) is 0 Å². The van der Waals surface area contributed by atoms with E-state index in [9.17, 15) is 13.6 Å². The van der Waals surface area contributed by atoms with Gasteiger partial charge in [0.25, 0.3) is 0 Å². The Kier molecular flexibility index (Phi) is 4.02. The van der Waals surface area contributed by atoms with E-state index in [1.54, 1.807) is 6.92 Å². The molecule has 0 aliphatic heterocycles. The van der Waals surface area contributed by atoms with Crippen LogP contribution in [0.1, 0.15) is 32.6 Å². The highest BCUT2D eigenvalue weighted by atomic mass is 19.3. The Labute approximate surface area is 87.9 Å². The monoisotopic (exact) mass is 221 g/mol. The maximum atomic E-state index is 12.8. The van der Waals surface area contributed by atoms with Gasteiger partial charge in [0.05, 0.1) is 6.10 Å². The SMILES string of the molecule is C[C@H](O)CNC(=O)C1CCC(F)(F)CC1. The second kappa shape index (κ2) is 4.88. The minimum atomic E-state index is -2.60. The highest BCUT2D eigenvalue weighted by Crippen LogP contribution is 2.36. The fourth-order valence-electron chi connectivity index (χ4n) is 1.69. The molecule has 0 aromatic rings. The Morgan fingerprint density at radius 2 is 2.07 bits per heavy atom. The van der Waals surface area contributed by atoms with Crippen LogP contribution in [0.3, 0.4) is 0 Å². The molecule has 5 heteroatoms. The molecule has 1 aliphatic carbocycles. The number of carbonyl (C=O) groups is 1. The maximum absolute atomic E-state index is 12.8. The third-order valence-corrected chi connectivity index (χ3v) is 2.66. The molecule has 1 atom stereocenters. The Morgan fingerprint density at radius 1 is 1.53 bits per heavy atom. The lowest BCUT2D eigenvalue weighted by Gasteiger charge is -2.27. The fraction of sp³-hybridized carbons (Fsp3) is 0.900. The molecule has 1 amide bonds. The average Bonchev–Trinajstić information content (AvgIpc) is 2.14. The van der Waals surface area contributed by atoms with Gasteiger partial charge in [0.1, 0.15) is 0 Å². The van der Waals surface area contributed by atoms with Crippen molar-refractivity contribution in [3.63, 3.8) is 0 Å². The third kappa shape index (κ3) is 4.11. The topological polar surface area (TPSA) is 49.3 Å². The summed E-state index contributed by atoms with van der Waals surface area (Å²) in [7, 11) is 0. The van der Waals surface area contributed by atoms with E-state index in [2.05, 4.69) is 5.32 Å². The first-order valence-corrected chi connectivity index (χ1v) is 5.24. The van der Waals surface area contributed by atoms with Crippen LogP contribution in [0, 0.1) is 5.92 Å². The second-order valence-electron chi connectivity index (χ2n) is 4.22. The summed E-state index contributed by atoms with van der Waals surface area (Å²) in [6.45, 7) is 1.75. The predicted octanol–water partition coefficient (Wildman–Crippen LogP) is 1.31. The lowest BCUT2D eigenvalue weighted by Crippen LogP contribution is -2.38. The standard InChI is InChI=1S/C10H17F2NO2/c1-7(14)6-13-9(15)8-2-4-10(11,12)5-3-8/h7-8,14H,2-6H2,1H3,(H,13,15)/t7-/m0/s1. The minimum Gasteiger partial charge on any atom is -0.392 e. The zero-order valence-electron chi connectivity index (χ0n) is 8.80. The number of nitrogens with one attached hydrogen (secondary N) is 1. The van der Waals surface area contributed by atoms with Crippen LogP contribution in [-0.4, -0.2) is 29.6 Å². The van der Waals surface area contributed by atoms with Crippen LogP contribution < -0.4 is 5.32 Å². The summed E-state index contributed by atoms with van der Waals surface area (Å²) in [4.78, 5) is 11.4. The zero-order chi connectivity index (χ0) is 11.5. The van der Waals surface area contributed by atoms with E-state index in [0.29, 0.717) is 0 Å². The Morgan fingerprint density at radius 3 is 2.53 bits per heavy atom. The Bertz CT molecular complexity index is 221. The Balaban J connectivity index is 2.30. The van der Waals surface area contributed by atoms with Gasteiger partial charge in [-0.3, -0.25) is 4.79 Å². The summed E-state index contributed by atoms with van der Waals surface area (Å²) in [5.41, 5.74) is 0. The quantitative estimate of drug-likeness (QED) is 0.755. The van der Waals surface area contributed by atoms with Crippen LogP contribution in [0.5, 0.6) is 0 Å². The smallest absolute Gasteiger partial charge is 0.248 e. The summed E-state index contributed by atoms with van der Waals surface area (Å²) in [6.07, 6.45) is -0.546. The van der Waals surface area contributed by atoms with Crippen LogP contribution >= 0.6 is 0 Å². The highest BCUT2D eigenvalue weighted by Gasteiger charge is 2.37. The molecule has 2 N–H and O–H groups in total. The lowest BCUT2D eigenvalue weighted by molar-refractivity contribution is -0.129. The van der Waals surface area contributed by atoms with Gasteiger partial charge >= 0.3 is 0 Å². The minimum absolute atomic E-state index is 0.186. The molecule has 15 heavy (non-hydrogen) atoms. The molecule has 1 fully saturated rings. The molecule has 0 aromatic heterocycles. The number of hydrogen-bond donors (Lipinski definition) is 2. The van der Waals surface area contributed by atoms with Gasteiger partial charge in [-0.15, -0.1) is 0 Å². The zero-order valence-corrected chi connectivity index (χ0v) is 8.80. The first-order valence-electron chi connectivity index (χ1n) is 5.24. The van der Waals surface area contributed by atoms with E-state index in [4.69, 9.17) is 5.11 Å². The molecule has 1 saturated carbocycles. The number of carbonyl (C=O) groups excluding carboxylic acids is 1. The molecule has 0 bridgehead atoms. The number of rotatable bonds is 3. The lowest BCUT2D eigenvalue weighted by atomic mass is 9.86. The number of aliphatic hydroxyl groups is 1. The average molecular weight is 221 g/mol. The second-order valence-corrected chi connectivity index (χ2v) is 4.22. The van der Waals surface area contributed by atoms with Gasteiger partial charge in [0.15, 0.2) is 0 Å². The number of alkyl halides is 2. The van der Waals surface area contributed by atoms with Crippen molar-refractivity contribution in [2.24, 2.45) is 5.92 Å². The first-order chi connectivity index (χ1) is 6.91. The van der Waals surface area contributed by atoms with Crippen LogP contribution in [0.2, 0.25) is 0 Å². The summed E-state index contributed by atoms with van der Waals surface area (Å²) in [6, 6.07) is 0. The van der Waals surface area contributed by atoms with Gasteiger partial charge in [0, 0.05) is 25.3 Å². The normalized spacial score (nSPS) is 23.5. The number of halogens is 2. The molecule has 0 spiro atoms. The van der Waals surface area contributed by atoms with Gasteiger partial charge in [-0.05, 0) is 19.8 Å². The summed E-state index contributed by atoms with van der Waals surface area (Å²) in [5, 5.41) is 11.5. The van der Waals surface area contributed by atoms with Gasteiger partial charge in [0.2, 0.25) is 11.8 Å². The highest BCUT2D eigenvalue weighted by molar-refractivity contribution is 5.78. The molecular formula is C10H17F2NO2. The fourth-order valence-corrected chi connectivity index (χ4v) is 1.69. The van der Waals surface area contributed by atoms with Crippen molar-refractivity contribution >= 4 is 5.91 Å². The maximum Gasteiger partial charge on any atom is 0.248 e. The van der Waals surface area contributed by atoms with Crippen molar-refractivity contribution in [3.05, 3.63) is 0 Å². The van der Waals surface area contributed by atoms with Crippen LogP contribution in [0.4, 0.5) is 8.78 Å². The molecular weight excluding hydrogens is 204 g/mol. The summed E-state index contributed by atoms with van der Waals surface area (Å²) >= 11 is 0. The van der Waals surface area contributed by atoms with E-state index in [1.165, 1.54) is 0 Å². The first kappa shape index (κ1) is 12.4. The van der Waals surface area contributed by atoms with Crippen molar-refractivity contribution in [2.45, 2.75) is 44.6 Å². The molecule has 0 aromatic carbocycles. The van der Waals surface area contributed by atoms with E-state index in [-0.39, 0.29) is 44.1 Å². The molecule has 0 radical (unpaired) electrons. The van der Waals surface area contributed by atoms with Crippen molar-refractivity contribution in [2.75, 3.05) is 6.54 Å². The van der Waals surface area contributed by atoms with Gasteiger partial charge in [-0.1, -0.05) is 0 Å². The van der Waals surface area contributed by atoms with Crippen LogP contribution in [0.15, 0.2) is 0 Å². The third-order valence-electron chi connectivity index (χ3n) is 2.66. The predicted molar refractivity (Wildman–Crippen MR) is 51.6 cm³/mol. The van der Waals surface area contributed by atoms with Crippen LogP contribution in [-0.2, 0) is 4.79 Å². The van der Waals surface area contributed by atoms with E-state index in [0.717, 1.165) is 0 Å². The van der Waals surface area contributed by atoms with Gasteiger partial charge in [-0.2, -0.15) is 0 Å². The van der Waals surface area contributed by atoms with Crippen molar-refractivity contribution in [3.8, 4) is 0 Å². The summed E-state index contributed by atoms with van der Waals surface area (Å²) in [5.74, 6) is -3.13. The number of aliphatic hydroxyl groups excluding tert-OH is 1. The van der Waals surface area contributed by atoms with Crippen LogP contribution in [0.25, 0.3) is 0 Å². The largest absolute Gasteiger partial charge is 0.392 e. The van der Waals surface area contributed by atoms with Gasteiger partial charge < -0.3 is 10.4 Å². The van der Waals surface area contributed by atoms with Crippen molar-refractivity contribution < 1.29 is 18.7 Å². The molecule has 0 unspecified atom stereocenters. The number of amides is 1. The molecule has 0 saturated heterocycles. The van der Waals surface area contributed by atoms with Gasteiger partial charge in [-0.25, -0.2) is 8.78 Å². The molecule has 88 valence electrons. The summed E-state index contributed by atoms with van der Waals surface area (Å²) < 4.78 is 25.6. The molecule has 0 heterocycles. The van der Waals surface area contributed by atoms with Crippen molar-refractivity contribution in [1.29, 1.82) is 0 Å². The molecule has 3 nitrogen and oxygen atoms in total. The molecule has 1 rings (SSSR count). The Hall–Kier alpha value is -0.710. The van der Waals surface area contributed by atoms with Crippen molar-refractivity contribution in [1.82, 2.24) is 5.32 Å². The molecule has 1 aliphatic rings. The van der Waals surface area contributed by atoms with E-state index < -0.39 is 12.0 Å². The number of hydrogen-bond acceptors (Lipinski definition) is 2.